The summed E-state index contributed by atoms with van der Waals surface area (Å²) in [5, 5.41) is 42.0. The molecule has 0 radical (unpaired) electrons. The lowest BCUT2D eigenvalue weighted by Crippen LogP contribution is -2.47. The molecule has 0 saturated carbocycles. The Kier molecular flexibility index (Phi) is 33.4. The minimum atomic E-state index is -4.44. The number of ketones is 1. The van der Waals surface area contributed by atoms with Crippen LogP contribution in [0, 0.1) is 52.2 Å². The van der Waals surface area contributed by atoms with Gasteiger partial charge in [-0.25, -0.2) is 19.9 Å². The van der Waals surface area contributed by atoms with Gasteiger partial charge in [-0.15, -0.1) is 0 Å². The van der Waals surface area contributed by atoms with E-state index in [0.717, 1.165) is 176 Å². The molecule has 0 spiro atoms. The molecule has 3 aliphatic rings. The van der Waals surface area contributed by atoms with Crippen LogP contribution in [0.3, 0.4) is 0 Å². The Balaban J connectivity index is 0.000000148. The molecule has 18 nitrogen and oxygen atoms in total. The number of nitriles is 4. The second-order valence-corrected chi connectivity index (χ2v) is 34.9. The number of benzene rings is 9. The van der Waals surface area contributed by atoms with Gasteiger partial charge in [-0.3, -0.25) is 24.0 Å². The summed E-state index contributed by atoms with van der Waals surface area (Å²) in [5.74, 6) is 0.687. The van der Waals surface area contributed by atoms with Crippen molar-refractivity contribution in [3.8, 4) is 114 Å². The Morgan fingerprint density at radius 1 is 0.354 bits per heavy atom. The number of piperidine rings is 2. The summed E-state index contributed by atoms with van der Waals surface area (Å²) < 4.78 is 39.1. The molecule has 0 unspecified atom stereocenters. The van der Waals surface area contributed by atoms with E-state index in [4.69, 9.17) is 20.7 Å². The number of carbonyl (C=O) groups excluding carboxylic acids is 5. The lowest BCUT2D eigenvalue weighted by Gasteiger charge is -2.32. The maximum Gasteiger partial charge on any atom is 0.416 e. The van der Waals surface area contributed by atoms with Crippen LogP contribution < -0.4 is 5.73 Å². The number of amides is 4. The number of nitrogens with zero attached hydrogens (tertiary/aromatic N) is 12. The fraction of sp³-hybridized carbons (Fsp3) is 0.210. The van der Waals surface area contributed by atoms with Gasteiger partial charge in [-0.1, -0.05) is 283 Å². The highest BCUT2D eigenvalue weighted by Crippen LogP contribution is 2.41. The molecule has 3 saturated heterocycles. The molecule has 13 aromatic rings. The molecule has 0 aliphatic carbocycles. The first-order valence-corrected chi connectivity index (χ1v) is 46.5. The van der Waals surface area contributed by atoms with Crippen molar-refractivity contribution in [1.29, 1.82) is 21.0 Å². The fourth-order valence-electron chi connectivity index (χ4n) is 14.9. The molecule has 3 aliphatic heterocycles. The van der Waals surface area contributed by atoms with Crippen LogP contribution in [0.2, 0.25) is 0 Å². The molecule has 25 heteroatoms. The average molecular weight is 1800 g/mol. The molecule has 16 rings (SSSR count). The predicted octanol–water partition coefficient (Wildman–Crippen LogP) is 21.6. The average Bonchev–Trinajstić information content (AvgIpc) is 0.804. The van der Waals surface area contributed by atoms with Gasteiger partial charge in [-0.05, 0) is 129 Å². The largest absolute Gasteiger partial charge is 0.416 e. The Bertz CT molecular complexity index is 6290. The quantitative estimate of drug-likeness (QED) is 0.0583. The van der Waals surface area contributed by atoms with E-state index in [9.17, 15) is 58.2 Å². The van der Waals surface area contributed by atoms with Crippen molar-refractivity contribution >= 4 is 76.5 Å². The number of aromatic nitrogens is 4. The normalized spacial score (nSPS) is 13.0. The number of piperazine rings is 1. The van der Waals surface area contributed by atoms with Gasteiger partial charge in [0.1, 0.15) is 50.2 Å². The van der Waals surface area contributed by atoms with Crippen LogP contribution in [0.5, 0.6) is 0 Å². The summed E-state index contributed by atoms with van der Waals surface area (Å²) in [4.78, 5) is 89.2. The van der Waals surface area contributed by atoms with Gasteiger partial charge in [0.05, 0.1) is 73.6 Å². The maximum atomic E-state index is 13.0. The number of hydrogen-bond donors (Lipinski definition) is 1. The number of hydrogen-bond acceptors (Lipinski definition) is 18. The van der Waals surface area contributed by atoms with Crippen LogP contribution in [0.25, 0.3) is 89.5 Å². The van der Waals surface area contributed by atoms with Crippen LogP contribution in [0.1, 0.15) is 87.8 Å². The number of alkyl halides is 3. The Hall–Kier alpha value is -13.8. The Morgan fingerprint density at radius 2 is 0.631 bits per heavy atom. The molecule has 7 heterocycles. The van der Waals surface area contributed by atoms with E-state index in [0.29, 0.717) is 71.2 Å². The van der Waals surface area contributed by atoms with E-state index in [1.54, 1.807) is 30.3 Å². The van der Waals surface area contributed by atoms with Crippen LogP contribution in [0.15, 0.2) is 299 Å². The minimum Gasteiger partial charge on any atom is -0.366 e. The molecule has 2 N–H and O–H groups in total. The van der Waals surface area contributed by atoms with E-state index in [-0.39, 0.29) is 52.1 Å². The highest BCUT2D eigenvalue weighted by atomic mass is 32.2. The third-order valence-corrected chi connectivity index (χ3v) is 25.9. The minimum absolute atomic E-state index is 0.00316. The molecular weight excluding hydrogens is 1710 g/mol. The molecular formula is C105H92F3N13O5S4. The van der Waals surface area contributed by atoms with Crippen molar-refractivity contribution in [2.45, 2.75) is 78.1 Å². The zero-order valence-electron chi connectivity index (χ0n) is 71.7. The molecule has 4 amide bonds. The smallest absolute Gasteiger partial charge is 0.366 e. The maximum absolute atomic E-state index is 13.0. The molecule has 3 fully saturated rings. The van der Waals surface area contributed by atoms with E-state index >= 15 is 0 Å². The zero-order chi connectivity index (χ0) is 91.3. The van der Waals surface area contributed by atoms with Crippen molar-refractivity contribution in [3.63, 3.8) is 0 Å². The van der Waals surface area contributed by atoms with Gasteiger partial charge in [0.2, 0.25) is 23.6 Å². The summed E-state index contributed by atoms with van der Waals surface area (Å²) in [7, 11) is 2.07. The van der Waals surface area contributed by atoms with Crippen molar-refractivity contribution in [2.24, 2.45) is 5.73 Å². The van der Waals surface area contributed by atoms with Gasteiger partial charge in [-0.2, -0.15) is 34.2 Å². The molecule has 130 heavy (non-hydrogen) atoms. The number of nitrogens with two attached hydrogens (primary N) is 1. The highest BCUT2D eigenvalue weighted by molar-refractivity contribution is 8.00. The summed E-state index contributed by atoms with van der Waals surface area (Å²) in [6.45, 7) is 8.35. The summed E-state index contributed by atoms with van der Waals surface area (Å²) in [5.41, 5.74) is 21.5. The van der Waals surface area contributed by atoms with Crippen LogP contribution in [-0.2, 0) is 31.8 Å². The molecule has 0 atom stereocenters. The van der Waals surface area contributed by atoms with Crippen molar-refractivity contribution in [3.05, 3.63) is 324 Å². The second-order valence-electron chi connectivity index (χ2n) is 31.0. The number of Topliss-reactive ketones (excluding diaryl/α,β-unsaturated/α-hetero) is 1. The highest BCUT2D eigenvalue weighted by Gasteiger charge is 2.31. The first-order valence-electron chi connectivity index (χ1n) is 42.5. The first-order chi connectivity index (χ1) is 63.2. The van der Waals surface area contributed by atoms with Crippen molar-refractivity contribution in [1.82, 2.24) is 39.5 Å². The number of likely N-dealkylation sites (tertiary alicyclic amines) is 2. The SMILES string of the molecule is CN1CCN(C(=O)CSc2nc(-c3ccccc3)cc(-c3ccccc3)c2C#N)CC1.Cc1ccc(CC(=O)CSc2nc(-c3ccccc3)cc(-c3ccccc3)c2C#N)cc1.N#Cc1c(-c2ccc(C(F)(F)F)cc2)cc(-c2ccccc2)nc1SCC(=O)N1CCCCC1.N#Cc1c(-c2ccc(C(N)=O)cc2)cc(-c2ccccc2)nc1SCC(=O)N1CCCCC1. The van der Waals surface area contributed by atoms with E-state index in [2.05, 4.69) is 41.2 Å². The Labute approximate surface area is 772 Å². The number of rotatable bonds is 23. The lowest BCUT2D eigenvalue weighted by atomic mass is 9.98. The number of thioether (sulfide) groups is 4. The first kappa shape index (κ1) is 93.9. The van der Waals surface area contributed by atoms with Crippen LogP contribution in [0.4, 0.5) is 13.2 Å². The van der Waals surface area contributed by atoms with Crippen molar-refractivity contribution < 1.29 is 37.1 Å². The van der Waals surface area contributed by atoms with Gasteiger partial charge >= 0.3 is 6.18 Å². The van der Waals surface area contributed by atoms with Gasteiger partial charge in [0.15, 0.2) is 0 Å². The van der Waals surface area contributed by atoms with E-state index in [1.165, 1.54) is 64.7 Å². The molecule has 0 bridgehead atoms. The van der Waals surface area contributed by atoms with Crippen LogP contribution in [-0.4, -0.2) is 151 Å². The molecule has 9 aromatic carbocycles. The fourth-order valence-corrected chi connectivity index (χ4v) is 18.5. The number of pyridine rings is 4. The molecule has 4 aromatic heterocycles. The number of halogens is 3. The number of carbonyl (C=O) groups is 5. The summed E-state index contributed by atoms with van der Waals surface area (Å²) in [6.07, 6.45) is 2.25. The van der Waals surface area contributed by atoms with Crippen LogP contribution >= 0.6 is 47.0 Å². The number of likely N-dealkylation sites (N-methyl/N-ethyl adjacent to an activating group) is 1. The number of aryl methyl sites for hydroxylation is 1. The van der Waals surface area contributed by atoms with Gasteiger partial charge < -0.3 is 25.3 Å². The predicted molar refractivity (Wildman–Crippen MR) is 511 cm³/mol. The summed E-state index contributed by atoms with van der Waals surface area (Å²) >= 11 is 5.18. The standard InChI is InChI=1S/C28H22N2OS.C26H22F3N3OS.C26H24N4O2S.C25H24N4OS/c1-20-12-14-21(15-13-20)16-24(31)19-32-28-26(18-29)25(22-8-4-2-5-9-22)17-27(30-28)23-10-6-3-7-11-23;27-26(28,29)20-11-9-18(10-12-20)21-15-23(19-7-3-1-4-8-19)31-25(22(21)16-30)34-17-24(33)32-13-5-2-6-14-32;27-16-22-21(18-9-11-20(12-10-18)25(28)32)15-23(19-7-3-1-4-8-19)29-26(22)33-17-24(31)30-13-5-2-6-14-30;1-28-12-14-29(15-13-28)24(30)18-31-25-22(17-26)21(19-8-4-2-5-9-19)16-23(27-25)20-10-6-3-7-11-20/h2-15,17H,16,19H2,1H3;1,3-4,7-12,15H,2,5-6,13-14,17H2;1,3-4,7-12,15H,2,5-6,13-14,17H2,(H2,28,32);2-11,16H,12-15,18H2,1H3. The van der Waals surface area contributed by atoms with Crippen molar-refractivity contribution in [2.75, 3.05) is 82.4 Å². The Morgan fingerprint density at radius 3 is 0.923 bits per heavy atom. The summed E-state index contributed by atoms with van der Waals surface area (Å²) in [6, 6.07) is 94.8. The monoisotopic (exact) mass is 1800 g/mol. The molecule has 652 valence electrons. The van der Waals surface area contributed by atoms with E-state index in [1.807, 2.05) is 246 Å². The third-order valence-electron chi connectivity index (χ3n) is 22.0. The second kappa shape index (κ2) is 46.3. The van der Waals surface area contributed by atoms with Gasteiger partial charge in [0, 0.05) is 109 Å². The third kappa shape index (κ3) is 25.4. The number of primary amides is 1. The van der Waals surface area contributed by atoms with E-state index < -0.39 is 17.6 Å². The van der Waals surface area contributed by atoms with Gasteiger partial charge in [0.25, 0.3) is 0 Å². The lowest BCUT2D eigenvalue weighted by molar-refractivity contribution is -0.137. The zero-order valence-corrected chi connectivity index (χ0v) is 75.0. The topological polar surface area (TPSA) is 271 Å².